The van der Waals surface area contributed by atoms with Crippen LogP contribution >= 0.6 is 11.6 Å². The highest BCUT2D eigenvalue weighted by Crippen LogP contribution is 2.37. The van der Waals surface area contributed by atoms with Gasteiger partial charge in [0.2, 0.25) is 6.79 Å². The van der Waals surface area contributed by atoms with Crippen LogP contribution in [-0.2, 0) is 6.54 Å². The van der Waals surface area contributed by atoms with Gasteiger partial charge in [0.05, 0.1) is 0 Å². The molecule has 0 unspecified atom stereocenters. The second kappa shape index (κ2) is 4.99. The number of benzene rings is 2. The standard InChI is InChI=1S/C14H12ClNO3/c15-10-1-3-12(9(5-10)7-16)19-11-2-4-13-14(6-11)18-8-17-13/h1-6H,7-8,16H2. The Kier molecular flexibility index (Phi) is 3.19. The third kappa shape index (κ3) is 2.45. The van der Waals surface area contributed by atoms with E-state index in [1.54, 1.807) is 24.3 Å². The fourth-order valence-corrected chi connectivity index (χ4v) is 2.07. The minimum Gasteiger partial charge on any atom is -0.457 e. The van der Waals surface area contributed by atoms with Crippen LogP contribution in [0.15, 0.2) is 36.4 Å². The van der Waals surface area contributed by atoms with Gasteiger partial charge >= 0.3 is 0 Å². The minimum atomic E-state index is 0.244. The summed E-state index contributed by atoms with van der Waals surface area (Å²) in [4.78, 5) is 0. The number of nitrogens with two attached hydrogens (primary N) is 1. The molecule has 19 heavy (non-hydrogen) atoms. The van der Waals surface area contributed by atoms with Crippen molar-refractivity contribution in [2.45, 2.75) is 6.54 Å². The van der Waals surface area contributed by atoms with Crippen LogP contribution < -0.4 is 19.9 Å². The first-order valence-corrected chi connectivity index (χ1v) is 6.20. The van der Waals surface area contributed by atoms with E-state index in [1.165, 1.54) is 0 Å². The molecule has 2 aromatic carbocycles. The lowest BCUT2D eigenvalue weighted by atomic mass is 10.2. The van der Waals surface area contributed by atoms with E-state index in [0.29, 0.717) is 28.8 Å². The van der Waals surface area contributed by atoms with Crippen molar-refractivity contribution in [3.05, 3.63) is 47.0 Å². The van der Waals surface area contributed by atoms with Crippen molar-refractivity contribution in [3.8, 4) is 23.0 Å². The lowest BCUT2D eigenvalue weighted by Gasteiger charge is -2.10. The van der Waals surface area contributed by atoms with Crippen molar-refractivity contribution in [1.29, 1.82) is 0 Å². The van der Waals surface area contributed by atoms with E-state index in [-0.39, 0.29) is 6.79 Å². The SMILES string of the molecule is NCc1cc(Cl)ccc1Oc1ccc2c(c1)OCO2. The van der Waals surface area contributed by atoms with E-state index in [2.05, 4.69) is 0 Å². The normalized spacial score (nSPS) is 12.5. The topological polar surface area (TPSA) is 53.7 Å². The molecule has 1 aliphatic rings. The quantitative estimate of drug-likeness (QED) is 0.935. The van der Waals surface area contributed by atoms with Gasteiger partial charge in [0.15, 0.2) is 11.5 Å². The molecule has 2 N–H and O–H groups in total. The molecule has 0 atom stereocenters. The number of fused-ring (bicyclic) bond motifs is 1. The number of rotatable bonds is 3. The largest absolute Gasteiger partial charge is 0.457 e. The summed E-state index contributed by atoms with van der Waals surface area (Å²) in [6, 6.07) is 10.8. The average molecular weight is 278 g/mol. The van der Waals surface area contributed by atoms with E-state index < -0.39 is 0 Å². The third-order valence-corrected chi connectivity index (χ3v) is 3.05. The number of hydrogen-bond acceptors (Lipinski definition) is 4. The van der Waals surface area contributed by atoms with Gasteiger partial charge in [0, 0.05) is 23.2 Å². The van der Waals surface area contributed by atoms with E-state index in [1.807, 2.05) is 12.1 Å². The molecule has 0 aromatic heterocycles. The molecule has 0 saturated carbocycles. The molecule has 0 saturated heterocycles. The van der Waals surface area contributed by atoms with Crippen LogP contribution in [0.2, 0.25) is 5.02 Å². The summed E-state index contributed by atoms with van der Waals surface area (Å²) in [5.41, 5.74) is 6.53. The van der Waals surface area contributed by atoms with E-state index in [0.717, 1.165) is 11.3 Å². The molecule has 5 heteroatoms. The molecule has 98 valence electrons. The van der Waals surface area contributed by atoms with Gasteiger partial charge < -0.3 is 19.9 Å². The fraction of sp³-hybridized carbons (Fsp3) is 0.143. The van der Waals surface area contributed by atoms with Gasteiger partial charge in [-0.25, -0.2) is 0 Å². The first kappa shape index (κ1) is 12.1. The molecule has 0 aliphatic carbocycles. The predicted octanol–water partition coefficient (Wildman–Crippen LogP) is 3.32. The molecule has 0 amide bonds. The number of ether oxygens (including phenoxy) is 3. The van der Waals surface area contributed by atoms with Crippen LogP contribution in [-0.4, -0.2) is 6.79 Å². The lowest BCUT2D eigenvalue weighted by Crippen LogP contribution is -1.99. The summed E-state index contributed by atoms with van der Waals surface area (Å²) in [5, 5.41) is 0.637. The van der Waals surface area contributed by atoms with E-state index in [9.17, 15) is 0 Å². The molecule has 2 aromatic rings. The van der Waals surface area contributed by atoms with Crippen LogP contribution in [0.5, 0.6) is 23.0 Å². The highest BCUT2D eigenvalue weighted by molar-refractivity contribution is 6.30. The summed E-state index contributed by atoms with van der Waals surface area (Å²) in [6.45, 7) is 0.605. The smallest absolute Gasteiger partial charge is 0.231 e. The molecule has 0 spiro atoms. The minimum absolute atomic E-state index is 0.244. The van der Waals surface area contributed by atoms with Crippen molar-refractivity contribution in [1.82, 2.24) is 0 Å². The Hall–Kier alpha value is -1.91. The molecule has 0 radical (unpaired) electrons. The molecule has 0 bridgehead atoms. The third-order valence-electron chi connectivity index (χ3n) is 2.81. The Morgan fingerprint density at radius 1 is 1.11 bits per heavy atom. The number of halogens is 1. The Morgan fingerprint density at radius 2 is 1.95 bits per heavy atom. The van der Waals surface area contributed by atoms with Crippen LogP contribution in [0.4, 0.5) is 0 Å². The molecular weight excluding hydrogens is 266 g/mol. The molecular formula is C14H12ClNO3. The zero-order valence-electron chi connectivity index (χ0n) is 10.1. The summed E-state index contributed by atoms with van der Waals surface area (Å²) in [5.74, 6) is 2.76. The molecule has 1 aliphatic heterocycles. The highest BCUT2D eigenvalue weighted by atomic mass is 35.5. The second-order valence-corrected chi connectivity index (χ2v) is 4.51. The van der Waals surface area contributed by atoms with Crippen LogP contribution in [0.3, 0.4) is 0 Å². The van der Waals surface area contributed by atoms with Crippen LogP contribution in [0.25, 0.3) is 0 Å². The molecule has 3 rings (SSSR count). The zero-order valence-corrected chi connectivity index (χ0v) is 10.8. The monoisotopic (exact) mass is 277 g/mol. The molecule has 4 nitrogen and oxygen atoms in total. The van der Waals surface area contributed by atoms with Gasteiger partial charge in [0.1, 0.15) is 11.5 Å². The first-order chi connectivity index (χ1) is 9.26. The lowest BCUT2D eigenvalue weighted by molar-refractivity contribution is 0.174. The predicted molar refractivity (Wildman–Crippen MR) is 72.0 cm³/mol. The summed E-state index contributed by atoms with van der Waals surface area (Å²) in [7, 11) is 0. The molecule has 1 heterocycles. The fourth-order valence-electron chi connectivity index (χ4n) is 1.87. The second-order valence-electron chi connectivity index (χ2n) is 4.07. The van der Waals surface area contributed by atoms with Gasteiger partial charge in [-0.1, -0.05) is 11.6 Å². The Labute approximate surface area is 115 Å². The Morgan fingerprint density at radius 3 is 2.79 bits per heavy atom. The Bertz CT molecular complexity index is 616. The van der Waals surface area contributed by atoms with Crippen molar-refractivity contribution in [2.24, 2.45) is 5.73 Å². The maximum absolute atomic E-state index is 5.93. The first-order valence-electron chi connectivity index (χ1n) is 5.82. The highest BCUT2D eigenvalue weighted by Gasteiger charge is 2.14. The molecule has 0 fully saturated rings. The maximum atomic E-state index is 5.93. The Balaban J connectivity index is 1.89. The van der Waals surface area contributed by atoms with Crippen molar-refractivity contribution in [3.63, 3.8) is 0 Å². The van der Waals surface area contributed by atoms with Gasteiger partial charge in [-0.2, -0.15) is 0 Å². The van der Waals surface area contributed by atoms with Gasteiger partial charge in [-0.3, -0.25) is 0 Å². The van der Waals surface area contributed by atoms with E-state index in [4.69, 9.17) is 31.5 Å². The van der Waals surface area contributed by atoms with Crippen molar-refractivity contribution < 1.29 is 14.2 Å². The van der Waals surface area contributed by atoms with Crippen molar-refractivity contribution >= 4 is 11.6 Å². The van der Waals surface area contributed by atoms with Gasteiger partial charge in [0.25, 0.3) is 0 Å². The van der Waals surface area contributed by atoms with E-state index >= 15 is 0 Å². The van der Waals surface area contributed by atoms with Crippen LogP contribution in [0, 0.1) is 0 Å². The number of hydrogen-bond donors (Lipinski definition) is 1. The maximum Gasteiger partial charge on any atom is 0.231 e. The van der Waals surface area contributed by atoms with Gasteiger partial charge in [-0.15, -0.1) is 0 Å². The summed E-state index contributed by atoms with van der Waals surface area (Å²) >= 11 is 5.93. The zero-order chi connectivity index (χ0) is 13.2. The summed E-state index contributed by atoms with van der Waals surface area (Å²) in [6.07, 6.45) is 0. The van der Waals surface area contributed by atoms with Crippen LogP contribution in [0.1, 0.15) is 5.56 Å². The van der Waals surface area contributed by atoms with Crippen molar-refractivity contribution in [2.75, 3.05) is 6.79 Å². The van der Waals surface area contributed by atoms with Gasteiger partial charge in [-0.05, 0) is 30.3 Å². The summed E-state index contributed by atoms with van der Waals surface area (Å²) < 4.78 is 16.4. The average Bonchev–Trinajstić information content (AvgIpc) is 2.88.